The zero-order chi connectivity index (χ0) is 18.0. The highest BCUT2D eigenvalue weighted by Crippen LogP contribution is 2.17. The summed E-state index contributed by atoms with van der Waals surface area (Å²) in [6.45, 7) is 6.32. The first-order valence-electron chi connectivity index (χ1n) is 8.69. The third-order valence-electron chi connectivity index (χ3n) is 4.32. The number of rotatable bonds is 7. The van der Waals surface area contributed by atoms with E-state index < -0.39 is 10.0 Å². The Morgan fingerprint density at radius 2 is 2.08 bits per heavy atom. The Bertz CT molecular complexity index is 800. The molecule has 0 fully saturated rings. The number of nitrogens with zero attached hydrogens (tertiary/aromatic N) is 6. The number of hydrogen-bond acceptors (Lipinski definition) is 5. The Balaban J connectivity index is 1.79. The van der Waals surface area contributed by atoms with E-state index in [1.54, 1.807) is 4.68 Å². The third kappa shape index (κ3) is 4.46. The van der Waals surface area contributed by atoms with Crippen LogP contribution in [0, 0.1) is 5.92 Å². The van der Waals surface area contributed by atoms with Crippen LogP contribution in [-0.4, -0.2) is 43.3 Å². The van der Waals surface area contributed by atoms with Crippen molar-refractivity contribution in [2.45, 2.75) is 59.3 Å². The van der Waals surface area contributed by atoms with Crippen molar-refractivity contribution in [1.29, 1.82) is 0 Å². The Morgan fingerprint density at radius 1 is 1.28 bits per heavy atom. The van der Waals surface area contributed by atoms with Crippen LogP contribution in [0.4, 0.5) is 0 Å². The van der Waals surface area contributed by atoms with E-state index in [1.165, 1.54) is 16.9 Å². The lowest BCUT2D eigenvalue weighted by atomic mass is 10.2. The Morgan fingerprint density at radius 3 is 2.76 bits per heavy atom. The van der Waals surface area contributed by atoms with Crippen molar-refractivity contribution >= 4 is 10.0 Å². The van der Waals surface area contributed by atoms with Crippen LogP contribution in [0.25, 0.3) is 0 Å². The van der Waals surface area contributed by atoms with Crippen LogP contribution < -0.4 is 0 Å². The SMILES string of the molecule is CC(C)Cn1ncnc1CN(Cc1cn2c(n1)CCCC2)S(C)(=O)=O. The smallest absolute Gasteiger partial charge is 0.211 e. The normalized spacial score (nSPS) is 15.1. The van der Waals surface area contributed by atoms with E-state index >= 15 is 0 Å². The molecule has 0 aliphatic carbocycles. The van der Waals surface area contributed by atoms with Gasteiger partial charge in [0.1, 0.15) is 18.0 Å². The fourth-order valence-corrected chi connectivity index (χ4v) is 3.80. The second kappa shape index (κ2) is 7.25. The molecule has 0 aromatic carbocycles. The van der Waals surface area contributed by atoms with Gasteiger partial charge in [0.15, 0.2) is 0 Å². The number of hydrogen-bond donors (Lipinski definition) is 0. The highest BCUT2D eigenvalue weighted by Gasteiger charge is 2.23. The van der Waals surface area contributed by atoms with E-state index in [2.05, 4.69) is 33.5 Å². The second-order valence-corrected chi connectivity index (χ2v) is 9.06. The number of imidazole rings is 1. The Kier molecular flexibility index (Phi) is 5.24. The van der Waals surface area contributed by atoms with Gasteiger partial charge in [-0.05, 0) is 18.8 Å². The summed E-state index contributed by atoms with van der Waals surface area (Å²) in [5, 5.41) is 4.22. The topological polar surface area (TPSA) is 85.9 Å². The van der Waals surface area contributed by atoms with Crippen LogP contribution in [0.5, 0.6) is 0 Å². The molecule has 0 spiro atoms. The van der Waals surface area contributed by atoms with Crippen LogP contribution in [0.15, 0.2) is 12.5 Å². The van der Waals surface area contributed by atoms with Crippen LogP contribution in [0.1, 0.15) is 44.0 Å². The van der Waals surface area contributed by atoms with E-state index in [4.69, 9.17) is 0 Å². The minimum Gasteiger partial charge on any atom is -0.335 e. The minimum absolute atomic E-state index is 0.202. The van der Waals surface area contributed by atoms with Crippen LogP contribution in [-0.2, 0) is 42.6 Å². The average Bonchev–Trinajstić information content (AvgIpc) is 3.11. The van der Waals surface area contributed by atoms with Crippen molar-refractivity contribution in [1.82, 2.24) is 28.6 Å². The molecule has 0 atom stereocenters. The fraction of sp³-hybridized carbons (Fsp3) is 0.688. The molecule has 8 nitrogen and oxygen atoms in total. The first-order valence-corrected chi connectivity index (χ1v) is 10.5. The van der Waals surface area contributed by atoms with Gasteiger partial charge in [-0.15, -0.1) is 0 Å². The first-order chi connectivity index (χ1) is 11.8. The number of sulfonamides is 1. The van der Waals surface area contributed by atoms with Gasteiger partial charge in [0.25, 0.3) is 0 Å². The molecule has 3 rings (SSSR count). The maximum atomic E-state index is 12.3. The predicted molar refractivity (Wildman–Crippen MR) is 94.1 cm³/mol. The molecular formula is C16H26N6O2S. The van der Waals surface area contributed by atoms with Gasteiger partial charge in [0, 0.05) is 25.7 Å². The van der Waals surface area contributed by atoms with Gasteiger partial charge in [0.05, 0.1) is 25.0 Å². The van der Waals surface area contributed by atoms with Crippen molar-refractivity contribution in [3.8, 4) is 0 Å². The monoisotopic (exact) mass is 366 g/mol. The molecule has 0 bridgehead atoms. The number of aromatic nitrogens is 5. The molecule has 3 heterocycles. The summed E-state index contributed by atoms with van der Waals surface area (Å²) in [7, 11) is -3.38. The quantitative estimate of drug-likeness (QED) is 0.740. The maximum absolute atomic E-state index is 12.3. The van der Waals surface area contributed by atoms with Gasteiger partial charge in [-0.2, -0.15) is 9.40 Å². The lowest BCUT2D eigenvalue weighted by Crippen LogP contribution is -2.31. The van der Waals surface area contributed by atoms with Gasteiger partial charge < -0.3 is 4.57 Å². The molecule has 25 heavy (non-hydrogen) atoms. The largest absolute Gasteiger partial charge is 0.335 e. The van der Waals surface area contributed by atoms with E-state index in [0.717, 1.165) is 37.3 Å². The molecule has 0 radical (unpaired) electrons. The fourth-order valence-electron chi connectivity index (χ4n) is 3.09. The van der Waals surface area contributed by atoms with Crippen LogP contribution >= 0.6 is 0 Å². The summed E-state index contributed by atoms with van der Waals surface area (Å²) >= 11 is 0. The zero-order valence-corrected chi connectivity index (χ0v) is 15.9. The van der Waals surface area contributed by atoms with Gasteiger partial charge >= 0.3 is 0 Å². The molecule has 138 valence electrons. The summed E-state index contributed by atoms with van der Waals surface area (Å²) < 4.78 is 29.9. The minimum atomic E-state index is -3.38. The van der Waals surface area contributed by atoms with Gasteiger partial charge in [0.2, 0.25) is 10.0 Å². The molecule has 9 heteroatoms. The Labute approximate surface area is 148 Å². The molecular weight excluding hydrogens is 340 g/mol. The summed E-state index contributed by atoms with van der Waals surface area (Å²) in [5.41, 5.74) is 0.789. The van der Waals surface area contributed by atoms with Crippen molar-refractivity contribution in [3.05, 3.63) is 29.9 Å². The summed E-state index contributed by atoms with van der Waals surface area (Å²) in [6, 6.07) is 0. The van der Waals surface area contributed by atoms with E-state index in [9.17, 15) is 8.42 Å². The highest BCUT2D eigenvalue weighted by molar-refractivity contribution is 7.88. The molecule has 2 aromatic heterocycles. The van der Waals surface area contributed by atoms with Crippen molar-refractivity contribution < 1.29 is 8.42 Å². The molecule has 2 aromatic rings. The van der Waals surface area contributed by atoms with E-state index in [1.807, 2.05) is 6.20 Å². The summed E-state index contributed by atoms with van der Waals surface area (Å²) in [6.07, 6.45) is 7.94. The molecule has 1 aliphatic heterocycles. The Hall–Kier alpha value is -1.74. The maximum Gasteiger partial charge on any atom is 0.211 e. The summed E-state index contributed by atoms with van der Waals surface area (Å²) in [5.74, 6) is 2.12. The van der Waals surface area contributed by atoms with Crippen molar-refractivity contribution in [2.24, 2.45) is 5.92 Å². The van der Waals surface area contributed by atoms with Gasteiger partial charge in [-0.25, -0.2) is 23.1 Å². The molecule has 0 amide bonds. The van der Waals surface area contributed by atoms with E-state index in [0.29, 0.717) is 18.3 Å². The highest BCUT2D eigenvalue weighted by atomic mass is 32.2. The summed E-state index contributed by atoms with van der Waals surface area (Å²) in [4.78, 5) is 8.87. The number of fused-ring (bicyclic) bond motifs is 1. The molecule has 0 N–H and O–H groups in total. The molecule has 0 saturated heterocycles. The van der Waals surface area contributed by atoms with Crippen LogP contribution in [0.3, 0.4) is 0 Å². The zero-order valence-electron chi connectivity index (χ0n) is 15.1. The number of aryl methyl sites for hydroxylation is 2. The lowest BCUT2D eigenvalue weighted by molar-refractivity contribution is 0.370. The second-order valence-electron chi connectivity index (χ2n) is 7.08. The van der Waals surface area contributed by atoms with Gasteiger partial charge in [-0.1, -0.05) is 13.8 Å². The van der Waals surface area contributed by atoms with Gasteiger partial charge in [-0.3, -0.25) is 0 Å². The van der Waals surface area contributed by atoms with Crippen LogP contribution in [0.2, 0.25) is 0 Å². The standard InChI is InChI=1S/C16H26N6O2S/c1-13(2)8-22-16(17-12-18-22)11-21(25(3,23)24)10-14-9-20-7-5-4-6-15(20)19-14/h9,12-13H,4-8,10-11H2,1-3H3. The molecule has 1 aliphatic rings. The third-order valence-corrected chi connectivity index (χ3v) is 5.51. The van der Waals surface area contributed by atoms with Crippen molar-refractivity contribution in [3.63, 3.8) is 0 Å². The first kappa shape index (κ1) is 18.1. The average molecular weight is 366 g/mol. The molecule has 0 unspecified atom stereocenters. The lowest BCUT2D eigenvalue weighted by Gasteiger charge is -2.19. The van der Waals surface area contributed by atoms with E-state index in [-0.39, 0.29) is 13.1 Å². The van der Waals surface area contributed by atoms with Crippen molar-refractivity contribution in [2.75, 3.05) is 6.26 Å². The molecule has 0 saturated carbocycles. The predicted octanol–water partition coefficient (Wildman–Crippen LogP) is 1.43.